The minimum atomic E-state index is -0.287. The molecule has 15 heavy (non-hydrogen) atoms. The number of para-hydroxylation sites is 1. The van der Waals surface area contributed by atoms with Crippen LogP contribution >= 0.6 is 0 Å². The van der Waals surface area contributed by atoms with E-state index in [9.17, 15) is 14.7 Å². The van der Waals surface area contributed by atoms with E-state index in [1.54, 1.807) is 18.2 Å². The lowest BCUT2D eigenvalue weighted by Gasteiger charge is -2.09. The van der Waals surface area contributed by atoms with Crippen LogP contribution in [0.5, 0.6) is 5.75 Å². The Labute approximate surface area is 87.1 Å². The van der Waals surface area contributed by atoms with Gasteiger partial charge in [0.2, 0.25) is 11.8 Å². The Morgan fingerprint density at radius 2 is 1.47 bits per heavy atom. The number of carbonyl (C=O) groups excluding carboxylic acids is 2. The van der Waals surface area contributed by atoms with Crippen molar-refractivity contribution in [2.45, 2.75) is 13.8 Å². The summed E-state index contributed by atoms with van der Waals surface area (Å²) in [4.78, 5) is 21.6. The number of rotatable bonds is 2. The van der Waals surface area contributed by atoms with Crippen LogP contribution in [0.1, 0.15) is 13.8 Å². The van der Waals surface area contributed by atoms with Crippen molar-refractivity contribution in [2.75, 3.05) is 10.6 Å². The summed E-state index contributed by atoms with van der Waals surface area (Å²) in [6, 6.07) is 4.71. The monoisotopic (exact) mass is 208 g/mol. The Hall–Kier alpha value is -2.04. The maximum absolute atomic E-state index is 10.8. The molecule has 1 aromatic rings. The van der Waals surface area contributed by atoms with Gasteiger partial charge in [0.05, 0.1) is 11.4 Å². The maximum Gasteiger partial charge on any atom is 0.221 e. The molecule has 0 saturated heterocycles. The lowest BCUT2D eigenvalue weighted by atomic mass is 10.2. The smallest absolute Gasteiger partial charge is 0.221 e. The van der Waals surface area contributed by atoms with Crippen molar-refractivity contribution in [3.63, 3.8) is 0 Å². The molecule has 0 saturated carbocycles. The Morgan fingerprint density at radius 1 is 1.07 bits per heavy atom. The van der Waals surface area contributed by atoms with Crippen molar-refractivity contribution in [3.05, 3.63) is 18.2 Å². The fourth-order valence-electron chi connectivity index (χ4n) is 1.12. The lowest BCUT2D eigenvalue weighted by molar-refractivity contribution is -0.115. The highest BCUT2D eigenvalue weighted by Gasteiger charge is 2.08. The van der Waals surface area contributed by atoms with Crippen LogP contribution in [0.4, 0.5) is 11.4 Å². The van der Waals surface area contributed by atoms with Gasteiger partial charge in [-0.05, 0) is 12.1 Å². The Kier molecular flexibility index (Phi) is 3.28. The summed E-state index contributed by atoms with van der Waals surface area (Å²) >= 11 is 0. The number of phenols is 1. The van der Waals surface area contributed by atoms with Gasteiger partial charge in [-0.2, -0.15) is 0 Å². The van der Waals surface area contributed by atoms with E-state index in [1.165, 1.54) is 13.8 Å². The van der Waals surface area contributed by atoms with Crippen molar-refractivity contribution in [2.24, 2.45) is 0 Å². The zero-order valence-corrected chi connectivity index (χ0v) is 8.50. The van der Waals surface area contributed by atoms with Crippen LogP contribution < -0.4 is 10.6 Å². The van der Waals surface area contributed by atoms with Gasteiger partial charge >= 0.3 is 0 Å². The quantitative estimate of drug-likeness (QED) is 0.641. The van der Waals surface area contributed by atoms with E-state index < -0.39 is 0 Å². The SMILES string of the molecule is CC(=O)Nc1cccc(NC(C)=O)c1O. The third kappa shape index (κ3) is 2.98. The van der Waals surface area contributed by atoms with Crippen LogP contribution in [0.2, 0.25) is 0 Å². The first-order valence-corrected chi connectivity index (χ1v) is 4.38. The lowest BCUT2D eigenvalue weighted by Crippen LogP contribution is -2.09. The molecule has 0 radical (unpaired) electrons. The van der Waals surface area contributed by atoms with Crippen molar-refractivity contribution >= 4 is 23.2 Å². The van der Waals surface area contributed by atoms with Gasteiger partial charge in [0.1, 0.15) is 0 Å². The minimum Gasteiger partial charge on any atom is -0.504 e. The summed E-state index contributed by atoms with van der Waals surface area (Å²) in [5.41, 5.74) is 0.544. The highest BCUT2D eigenvalue weighted by Crippen LogP contribution is 2.31. The average Bonchev–Trinajstić information content (AvgIpc) is 2.10. The predicted octanol–water partition coefficient (Wildman–Crippen LogP) is 1.31. The van der Waals surface area contributed by atoms with Gasteiger partial charge in [-0.25, -0.2) is 0 Å². The van der Waals surface area contributed by atoms with Crippen LogP contribution in [-0.4, -0.2) is 16.9 Å². The zero-order chi connectivity index (χ0) is 11.4. The Morgan fingerprint density at radius 3 is 1.80 bits per heavy atom. The van der Waals surface area contributed by atoms with Crippen LogP contribution in [-0.2, 0) is 9.59 Å². The second-order valence-electron chi connectivity index (χ2n) is 3.06. The van der Waals surface area contributed by atoms with Gasteiger partial charge < -0.3 is 15.7 Å². The van der Waals surface area contributed by atoms with Crippen molar-refractivity contribution in [1.29, 1.82) is 0 Å². The van der Waals surface area contributed by atoms with E-state index in [0.29, 0.717) is 0 Å². The molecular formula is C10H12N2O3. The van der Waals surface area contributed by atoms with E-state index in [4.69, 9.17) is 0 Å². The number of benzene rings is 1. The molecule has 0 spiro atoms. The van der Waals surface area contributed by atoms with Gasteiger partial charge in [0.25, 0.3) is 0 Å². The number of hydrogen-bond donors (Lipinski definition) is 3. The molecule has 2 amide bonds. The standard InChI is InChI=1S/C10H12N2O3/c1-6(13)11-8-4-3-5-9(10(8)15)12-7(2)14/h3-5,15H,1-2H3,(H,11,13)(H,12,14). The second kappa shape index (κ2) is 4.45. The van der Waals surface area contributed by atoms with E-state index in [-0.39, 0.29) is 28.9 Å². The maximum atomic E-state index is 10.8. The first-order valence-electron chi connectivity index (χ1n) is 4.38. The highest BCUT2D eigenvalue weighted by atomic mass is 16.3. The van der Waals surface area contributed by atoms with Gasteiger partial charge in [-0.3, -0.25) is 9.59 Å². The number of carbonyl (C=O) groups is 2. The molecule has 0 aliphatic heterocycles. The predicted molar refractivity (Wildman–Crippen MR) is 56.7 cm³/mol. The van der Waals surface area contributed by atoms with E-state index in [0.717, 1.165) is 0 Å². The van der Waals surface area contributed by atoms with E-state index in [2.05, 4.69) is 10.6 Å². The molecule has 3 N–H and O–H groups in total. The molecule has 5 heteroatoms. The second-order valence-corrected chi connectivity index (χ2v) is 3.06. The first kappa shape index (κ1) is 11.0. The number of anilines is 2. The minimum absolute atomic E-state index is 0.150. The zero-order valence-electron chi connectivity index (χ0n) is 8.50. The topological polar surface area (TPSA) is 78.4 Å². The molecule has 0 fully saturated rings. The molecule has 1 rings (SSSR count). The molecule has 5 nitrogen and oxygen atoms in total. The fourth-order valence-corrected chi connectivity index (χ4v) is 1.12. The first-order chi connectivity index (χ1) is 7.00. The van der Waals surface area contributed by atoms with Gasteiger partial charge in [0, 0.05) is 13.8 Å². The van der Waals surface area contributed by atoms with Crippen molar-refractivity contribution in [3.8, 4) is 5.75 Å². The summed E-state index contributed by atoms with van der Waals surface area (Å²) < 4.78 is 0. The van der Waals surface area contributed by atoms with Crippen molar-refractivity contribution < 1.29 is 14.7 Å². The summed E-state index contributed by atoms with van der Waals surface area (Å²) in [5.74, 6) is -0.724. The van der Waals surface area contributed by atoms with Crippen LogP contribution in [0.3, 0.4) is 0 Å². The van der Waals surface area contributed by atoms with Crippen LogP contribution in [0.25, 0.3) is 0 Å². The number of aromatic hydroxyl groups is 1. The molecule has 0 unspecified atom stereocenters. The van der Waals surface area contributed by atoms with Gasteiger partial charge in [-0.15, -0.1) is 0 Å². The molecule has 0 heterocycles. The molecule has 80 valence electrons. The fraction of sp³-hybridized carbons (Fsp3) is 0.200. The average molecular weight is 208 g/mol. The third-order valence-electron chi connectivity index (χ3n) is 1.66. The number of nitrogens with one attached hydrogen (secondary N) is 2. The summed E-state index contributed by atoms with van der Waals surface area (Å²) in [7, 11) is 0. The molecule has 0 aromatic heterocycles. The highest BCUT2D eigenvalue weighted by molar-refractivity contribution is 5.95. The van der Waals surface area contributed by atoms with Crippen molar-refractivity contribution in [1.82, 2.24) is 0 Å². The van der Waals surface area contributed by atoms with E-state index in [1.807, 2.05) is 0 Å². The number of amides is 2. The summed E-state index contributed by atoms with van der Waals surface area (Å²) in [6.07, 6.45) is 0. The molecule has 0 aliphatic carbocycles. The Bertz CT molecular complexity index is 367. The van der Waals surface area contributed by atoms with E-state index >= 15 is 0 Å². The summed E-state index contributed by atoms with van der Waals surface area (Å²) in [6.45, 7) is 2.68. The number of phenolic OH excluding ortho intramolecular Hbond substituents is 1. The van der Waals surface area contributed by atoms with Crippen LogP contribution in [0, 0.1) is 0 Å². The largest absolute Gasteiger partial charge is 0.504 e. The Balaban J connectivity index is 2.99. The normalized spacial score (nSPS) is 9.47. The van der Waals surface area contributed by atoms with Gasteiger partial charge in [-0.1, -0.05) is 6.07 Å². The molecule has 0 bridgehead atoms. The van der Waals surface area contributed by atoms with Crippen LogP contribution in [0.15, 0.2) is 18.2 Å². The molecule has 1 aromatic carbocycles. The third-order valence-corrected chi connectivity index (χ3v) is 1.66. The summed E-state index contributed by atoms with van der Waals surface area (Å²) in [5, 5.41) is 14.6. The molecular weight excluding hydrogens is 196 g/mol. The molecule has 0 aliphatic rings. The van der Waals surface area contributed by atoms with Gasteiger partial charge in [0.15, 0.2) is 5.75 Å². The number of hydrogen-bond acceptors (Lipinski definition) is 3. The molecule has 0 atom stereocenters.